The first-order valence-electron chi connectivity index (χ1n) is 9.16. The van der Waals surface area contributed by atoms with Crippen molar-refractivity contribution in [3.8, 4) is 16.9 Å². The molecule has 1 fully saturated rings. The molecule has 0 saturated carbocycles. The third-order valence-corrected chi connectivity index (χ3v) is 5.12. The minimum absolute atomic E-state index is 0.0815. The number of para-hydroxylation sites is 1. The number of nitrogens with zero attached hydrogens (tertiary/aromatic N) is 5. The normalized spacial score (nSPS) is 14.8. The van der Waals surface area contributed by atoms with Gasteiger partial charge in [0.1, 0.15) is 5.69 Å². The molecule has 0 unspecified atom stereocenters. The molecule has 1 aliphatic rings. The van der Waals surface area contributed by atoms with E-state index in [0.717, 1.165) is 44.3 Å². The Morgan fingerprint density at radius 3 is 2.37 bits per heavy atom. The van der Waals surface area contributed by atoms with Crippen LogP contribution in [0.15, 0.2) is 48.8 Å². The van der Waals surface area contributed by atoms with E-state index in [4.69, 9.17) is 11.6 Å². The first-order chi connectivity index (χ1) is 13.3. The second kappa shape index (κ2) is 7.88. The van der Waals surface area contributed by atoms with Gasteiger partial charge in [-0.15, -0.1) is 5.10 Å². The molecule has 0 N–H and O–H groups in total. The smallest absolute Gasteiger partial charge is 0.276 e. The van der Waals surface area contributed by atoms with Crippen LogP contribution in [0.25, 0.3) is 16.9 Å². The summed E-state index contributed by atoms with van der Waals surface area (Å²) < 4.78 is 1.64. The van der Waals surface area contributed by atoms with E-state index in [9.17, 15) is 4.79 Å². The Labute approximate surface area is 162 Å². The molecule has 1 aliphatic heterocycles. The standard InChI is InChI=1S/C20H20ClN5O/c21-16-7-3-4-8-17(16)26-19(15-9-11-22-12-10-15)18(23-24-26)20(27)25-13-5-1-2-6-14-25/h3-4,7-12H,1-2,5-6,13-14H2. The summed E-state index contributed by atoms with van der Waals surface area (Å²) in [6.07, 6.45) is 7.75. The van der Waals surface area contributed by atoms with Crippen molar-refractivity contribution in [2.75, 3.05) is 13.1 Å². The van der Waals surface area contributed by atoms with Crippen molar-refractivity contribution in [2.45, 2.75) is 25.7 Å². The second-order valence-corrected chi connectivity index (χ2v) is 7.00. The van der Waals surface area contributed by atoms with Crippen LogP contribution >= 0.6 is 11.6 Å². The maximum Gasteiger partial charge on any atom is 0.276 e. The number of hydrogen-bond donors (Lipinski definition) is 0. The highest BCUT2D eigenvalue weighted by Crippen LogP contribution is 2.29. The van der Waals surface area contributed by atoms with Crippen LogP contribution < -0.4 is 0 Å². The highest BCUT2D eigenvalue weighted by Gasteiger charge is 2.27. The van der Waals surface area contributed by atoms with E-state index in [-0.39, 0.29) is 5.91 Å². The molecule has 1 aromatic carbocycles. The predicted molar refractivity (Wildman–Crippen MR) is 104 cm³/mol. The maximum absolute atomic E-state index is 13.2. The number of carbonyl (C=O) groups excluding carboxylic acids is 1. The zero-order chi connectivity index (χ0) is 18.6. The van der Waals surface area contributed by atoms with Gasteiger partial charge >= 0.3 is 0 Å². The van der Waals surface area contributed by atoms with Crippen LogP contribution in [0.5, 0.6) is 0 Å². The number of pyridine rings is 1. The van der Waals surface area contributed by atoms with Gasteiger partial charge in [0.05, 0.1) is 10.7 Å². The Balaban J connectivity index is 1.83. The van der Waals surface area contributed by atoms with Gasteiger partial charge in [-0.3, -0.25) is 9.78 Å². The zero-order valence-corrected chi connectivity index (χ0v) is 15.6. The summed E-state index contributed by atoms with van der Waals surface area (Å²) in [5, 5.41) is 9.08. The van der Waals surface area contributed by atoms with Crippen molar-refractivity contribution in [1.29, 1.82) is 0 Å². The number of aromatic nitrogens is 4. The summed E-state index contributed by atoms with van der Waals surface area (Å²) in [5.74, 6) is -0.0815. The zero-order valence-electron chi connectivity index (χ0n) is 14.9. The van der Waals surface area contributed by atoms with E-state index >= 15 is 0 Å². The number of amides is 1. The number of likely N-dealkylation sites (tertiary alicyclic amines) is 1. The number of benzene rings is 1. The fourth-order valence-corrected chi connectivity index (χ4v) is 3.63. The van der Waals surface area contributed by atoms with Gasteiger partial charge in [0.2, 0.25) is 0 Å². The molecule has 138 valence electrons. The van der Waals surface area contributed by atoms with Gasteiger partial charge in [-0.25, -0.2) is 4.68 Å². The molecule has 7 heteroatoms. The Hall–Kier alpha value is -2.73. The Bertz CT molecular complexity index is 933. The van der Waals surface area contributed by atoms with Crippen LogP contribution in [0.2, 0.25) is 5.02 Å². The van der Waals surface area contributed by atoms with Crippen LogP contribution in [0.4, 0.5) is 0 Å². The van der Waals surface area contributed by atoms with Crippen molar-refractivity contribution in [3.05, 3.63) is 59.5 Å². The summed E-state index contributed by atoms with van der Waals surface area (Å²) in [6, 6.07) is 11.1. The number of halogens is 1. The lowest BCUT2D eigenvalue weighted by Crippen LogP contribution is -2.32. The predicted octanol–water partition coefficient (Wildman–Crippen LogP) is 4.00. The lowest BCUT2D eigenvalue weighted by atomic mass is 10.1. The van der Waals surface area contributed by atoms with Crippen LogP contribution in [0, 0.1) is 0 Å². The molecule has 3 aromatic rings. The highest BCUT2D eigenvalue weighted by molar-refractivity contribution is 6.32. The van der Waals surface area contributed by atoms with Crippen LogP contribution in [0.1, 0.15) is 36.2 Å². The van der Waals surface area contributed by atoms with Gasteiger partial charge in [0.25, 0.3) is 5.91 Å². The second-order valence-electron chi connectivity index (χ2n) is 6.59. The molecule has 0 aliphatic carbocycles. The molecule has 2 aromatic heterocycles. The first-order valence-corrected chi connectivity index (χ1v) is 9.54. The highest BCUT2D eigenvalue weighted by atomic mass is 35.5. The van der Waals surface area contributed by atoms with Gasteiger partial charge in [0, 0.05) is 31.0 Å². The average Bonchev–Trinajstić information content (AvgIpc) is 2.95. The quantitative estimate of drug-likeness (QED) is 0.687. The van der Waals surface area contributed by atoms with E-state index < -0.39 is 0 Å². The summed E-state index contributed by atoms with van der Waals surface area (Å²) in [7, 11) is 0. The number of hydrogen-bond acceptors (Lipinski definition) is 4. The topological polar surface area (TPSA) is 63.9 Å². The molecular formula is C20H20ClN5O. The van der Waals surface area contributed by atoms with Gasteiger partial charge in [-0.05, 0) is 37.1 Å². The minimum atomic E-state index is -0.0815. The van der Waals surface area contributed by atoms with Crippen molar-refractivity contribution in [2.24, 2.45) is 0 Å². The molecule has 0 bridgehead atoms. The minimum Gasteiger partial charge on any atom is -0.337 e. The average molecular weight is 382 g/mol. The molecule has 0 atom stereocenters. The van der Waals surface area contributed by atoms with E-state index in [1.54, 1.807) is 23.1 Å². The molecule has 3 heterocycles. The summed E-state index contributed by atoms with van der Waals surface area (Å²) in [6.45, 7) is 1.52. The number of rotatable bonds is 3. The number of carbonyl (C=O) groups is 1. The molecule has 0 spiro atoms. The largest absolute Gasteiger partial charge is 0.337 e. The third-order valence-electron chi connectivity index (χ3n) is 4.80. The van der Waals surface area contributed by atoms with Crippen LogP contribution in [-0.4, -0.2) is 43.9 Å². The van der Waals surface area contributed by atoms with E-state index in [1.165, 1.54) is 0 Å². The summed E-state index contributed by atoms with van der Waals surface area (Å²) in [5.41, 5.74) is 2.50. The molecule has 1 saturated heterocycles. The van der Waals surface area contributed by atoms with Crippen molar-refractivity contribution < 1.29 is 4.79 Å². The van der Waals surface area contributed by atoms with Crippen molar-refractivity contribution in [3.63, 3.8) is 0 Å². The van der Waals surface area contributed by atoms with Gasteiger partial charge in [-0.1, -0.05) is 41.8 Å². The molecule has 1 amide bonds. The van der Waals surface area contributed by atoms with E-state index in [2.05, 4.69) is 15.3 Å². The van der Waals surface area contributed by atoms with Crippen LogP contribution in [0.3, 0.4) is 0 Å². The fraction of sp³-hybridized carbons (Fsp3) is 0.300. The molecule has 27 heavy (non-hydrogen) atoms. The SMILES string of the molecule is O=C(c1nnn(-c2ccccc2Cl)c1-c1ccncc1)N1CCCCCC1. The molecular weight excluding hydrogens is 362 g/mol. The van der Waals surface area contributed by atoms with Crippen molar-refractivity contribution >= 4 is 17.5 Å². The Kier molecular flexibility index (Phi) is 5.16. The first kappa shape index (κ1) is 17.7. The fourth-order valence-electron chi connectivity index (χ4n) is 3.41. The Morgan fingerprint density at radius 1 is 0.963 bits per heavy atom. The van der Waals surface area contributed by atoms with Gasteiger partial charge in [0.15, 0.2) is 5.69 Å². The van der Waals surface area contributed by atoms with Crippen LogP contribution in [-0.2, 0) is 0 Å². The summed E-state index contributed by atoms with van der Waals surface area (Å²) in [4.78, 5) is 19.2. The van der Waals surface area contributed by atoms with Gasteiger partial charge < -0.3 is 4.90 Å². The van der Waals surface area contributed by atoms with E-state index in [1.807, 2.05) is 35.2 Å². The van der Waals surface area contributed by atoms with Crippen molar-refractivity contribution in [1.82, 2.24) is 24.9 Å². The van der Waals surface area contributed by atoms with Gasteiger partial charge in [-0.2, -0.15) is 0 Å². The monoisotopic (exact) mass is 381 g/mol. The Morgan fingerprint density at radius 2 is 1.67 bits per heavy atom. The lowest BCUT2D eigenvalue weighted by molar-refractivity contribution is 0.0756. The maximum atomic E-state index is 13.2. The molecule has 0 radical (unpaired) electrons. The van der Waals surface area contributed by atoms with E-state index in [0.29, 0.717) is 22.1 Å². The molecule has 6 nitrogen and oxygen atoms in total. The lowest BCUT2D eigenvalue weighted by Gasteiger charge is -2.19. The summed E-state index contributed by atoms with van der Waals surface area (Å²) >= 11 is 6.38. The third kappa shape index (κ3) is 3.57. The molecule has 4 rings (SSSR count).